The number of amides is 2. The Morgan fingerprint density at radius 1 is 0.762 bits per heavy atom. The Bertz CT molecular complexity index is 1580. The lowest BCUT2D eigenvalue weighted by atomic mass is 10.0. The Labute approximate surface area is 244 Å². The summed E-state index contributed by atoms with van der Waals surface area (Å²) in [5.74, 6) is -2.12. The van der Waals surface area contributed by atoms with Gasteiger partial charge in [-0.25, -0.2) is 17.2 Å². The molecule has 1 atom stereocenters. The van der Waals surface area contributed by atoms with Gasteiger partial charge in [-0.1, -0.05) is 60.7 Å². The third-order valence-electron chi connectivity index (χ3n) is 6.61. The Balaban J connectivity index is 1.78. The zero-order chi connectivity index (χ0) is 30.1. The maximum absolute atomic E-state index is 14.2. The number of anilines is 1. The second-order valence-electron chi connectivity index (χ2n) is 9.55. The molecule has 0 aliphatic rings. The number of carbonyl (C=O) groups is 2. The van der Waals surface area contributed by atoms with Crippen LogP contribution in [0.2, 0.25) is 0 Å². The Morgan fingerprint density at radius 2 is 1.31 bits per heavy atom. The number of rotatable bonds is 12. The molecule has 4 rings (SSSR count). The molecule has 7 nitrogen and oxygen atoms in total. The summed E-state index contributed by atoms with van der Waals surface area (Å²) >= 11 is 0. The van der Waals surface area contributed by atoms with Crippen LogP contribution in [-0.4, -0.2) is 44.3 Å². The second kappa shape index (κ2) is 13.9. The average Bonchev–Trinajstić information content (AvgIpc) is 3.00. The van der Waals surface area contributed by atoms with Gasteiger partial charge in [0.25, 0.3) is 10.0 Å². The molecule has 4 aromatic carbocycles. The van der Waals surface area contributed by atoms with Crippen molar-refractivity contribution in [2.45, 2.75) is 30.8 Å². The largest absolute Gasteiger partial charge is 0.355 e. The molecule has 0 saturated heterocycles. The quantitative estimate of drug-likeness (QED) is 0.253. The van der Waals surface area contributed by atoms with E-state index in [-0.39, 0.29) is 23.5 Å². The molecule has 0 aromatic heterocycles. The second-order valence-corrected chi connectivity index (χ2v) is 11.4. The molecule has 1 N–H and O–H groups in total. The van der Waals surface area contributed by atoms with E-state index in [1.165, 1.54) is 53.4 Å². The zero-order valence-electron chi connectivity index (χ0n) is 23.0. The minimum Gasteiger partial charge on any atom is -0.355 e. The van der Waals surface area contributed by atoms with Crippen molar-refractivity contribution in [3.63, 3.8) is 0 Å². The molecule has 4 aromatic rings. The highest BCUT2D eigenvalue weighted by Crippen LogP contribution is 2.25. The third kappa shape index (κ3) is 7.58. The summed E-state index contributed by atoms with van der Waals surface area (Å²) in [5, 5.41) is 2.78. The predicted molar refractivity (Wildman–Crippen MR) is 157 cm³/mol. The van der Waals surface area contributed by atoms with Crippen molar-refractivity contribution in [2.75, 3.05) is 17.4 Å². The number of nitrogens with one attached hydrogen (secondary N) is 1. The summed E-state index contributed by atoms with van der Waals surface area (Å²) in [4.78, 5) is 28.8. The Kier molecular flexibility index (Phi) is 10.0. The van der Waals surface area contributed by atoms with E-state index in [0.717, 1.165) is 22.0 Å². The summed E-state index contributed by atoms with van der Waals surface area (Å²) in [7, 11) is -4.28. The fourth-order valence-corrected chi connectivity index (χ4v) is 5.92. The molecule has 0 heterocycles. The van der Waals surface area contributed by atoms with Gasteiger partial charge < -0.3 is 10.2 Å². The van der Waals surface area contributed by atoms with E-state index in [2.05, 4.69) is 5.32 Å². The molecule has 0 aliphatic carbocycles. The van der Waals surface area contributed by atoms with Crippen LogP contribution in [0.15, 0.2) is 114 Å². The van der Waals surface area contributed by atoms with Crippen molar-refractivity contribution in [3.8, 4) is 0 Å². The van der Waals surface area contributed by atoms with Gasteiger partial charge in [-0.15, -0.1) is 0 Å². The van der Waals surface area contributed by atoms with E-state index >= 15 is 0 Å². The molecule has 0 fully saturated rings. The van der Waals surface area contributed by atoms with Crippen molar-refractivity contribution in [3.05, 3.63) is 132 Å². The molecule has 0 radical (unpaired) electrons. The van der Waals surface area contributed by atoms with Crippen LogP contribution in [0.5, 0.6) is 0 Å². The van der Waals surface area contributed by atoms with Crippen LogP contribution < -0.4 is 9.62 Å². The molecule has 0 spiro atoms. The lowest BCUT2D eigenvalue weighted by Gasteiger charge is -2.33. The first-order chi connectivity index (χ1) is 20.2. The van der Waals surface area contributed by atoms with Crippen molar-refractivity contribution in [1.82, 2.24) is 10.2 Å². The first-order valence-corrected chi connectivity index (χ1v) is 14.8. The molecular weight excluding hydrogens is 560 g/mol. The monoisotopic (exact) mass is 591 g/mol. The van der Waals surface area contributed by atoms with Crippen LogP contribution in [0, 0.1) is 11.6 Å². The SMILES string of the molecule is CCNC(=O)[C@H](Cc1ccccc1)N(Cc1ccc(F)cc1)C(=O)CN(c1ccc(F)cc1)S(=O)(=O)c1ccccc1. The van der Waals surface area contributed by atoms with E-state index in [1.807, 2.05) is 30.3 Å². The van der Waals surface area contributed by atoms with E-state index in [9.17, 15) is 26.8 Å². The normalized spacial score (nSPS) is 11.9. The van der Waals surface area contributed by atoms with Gasteiger partial charge in [-0.3, -0.25) is 13.9 Å². The third-order valence-corrected chi connectivity index (χ3v) is 8.40. The highest BCUT2D eigenvalue weighted by molar-refractivity contribution is 7.92. The van der Waals surface area contributed by atoms with Crippen LogP contribution >= 0.6 is 0 Å². The minimum atomic E-state index is -4.28. The first-order valence-electron chi connectivity index (χ1n) is 13.4. The number of carbonyl (C=O) groups excluding carboxylic acids is 2. The van der Waals surface area contributed by atoms with Gasteiger partial charge in [0.15, 0.2) is 0 Å². The van der Waals surface area contributed by atoms with Gasteiger partial charge in [0.1, 0.15) is 24.2 Å². The summed E-state index contributed by atoms with van der Waals surface area (Å²) in [6.45, 7) is 1.31. The maximum Gasteiger partial charge on any atom is 0.264 e. The molecule has 218 valence electrons. The molecule has 10 heteroatoms. The number of sulfonamides is 1. The standard InChI is InChI=1S/C32H31F2N3O4S/c1-2-35-32(39)30(21-24-9-5-3-6-10-24)36(22-25-13-15-26(33)16-14-25)31(38)23-37(28-19-17-27(34)18-20-28)42(40,41)29-11-7-4-8-12-29/h3-20,30H,2,21-23H2,1H3,(H,35,39)/t30-/m0/s1. The number of hydrogen-bond donors (Lipinski definition) is 1. The maximum atomic E-state index is 14.2. The van der Waals surface area contributed by atoms with Crippen molar-refractivity contribution >= 4 is 27.5 Å². The van der Waals surface area contributed by atoms with Crippen molar-refractivity contribution in [2.24, 2.45) is 0 Å². The van der Waals surface area contributed by atoms with Crippen LogP contribution in [0.3, 0.4) is 0 Å². The molecular formula is C32H31F2N3O4S. The Hall–Kier alpha value is -4.57. The molecule has 0 bridgehead atoms. The van der Waals surface area contributed by atoms with E-state index in [0.29, 0.717) is 12.1 Å². The number of hydrogen-bond acceptors (Lipinski definition) is 4. The van der Waals surface area contributed by atoms with Gasteiger partial charge in [-0.05, 0) is 66.6 Å². The minimum absolute atomic E-state index is 0.0585. The summed E-state index contributed by atoms with van der Waals surface area (Å²) in [5.41, 5.74) is 1.41. The number of halogens is 2. The van der Waals surface area contributed by atoms with Crippen molar-refractivity contribution in [1.29, 1.82) is 0 Å². The lowest BCUT2D eigenvalue weighted by Crippen LogP contribution is -2.53. The zero-order valence-corrected chi connectivity index (χ0v) is 23.8. The smallest absolute Gasteiger partial charge is 0.264 e. The van der Waals surface area contributed by atoms with Gasteiger partial charge in [0.05, 0.1) is 10.6 Å². The molecule has 42 heavy (non-hydrogen) atoms. The number of likely N-dealkylation sites (N-methyl/N-ethyl adjacent to an activating group) is 1. The van der Waals surface area contributed by atoms with Gasteiger partial charge >= 0.3 is 0 Å². The fraction of sp³-hybridized carbons (Fsp3) is 0.188. The van der Waals surface area contributed by atoms with Crippen LogP contribution in [-0.2, 0) is 32.6 Å². The molecule has 2 amide bonds. The summed E-state index contributed by atoms with van der Waals surface area (Å²) in [6.07, 6.45) is 0.154. The van der Waals surface area contributed by atoms with Gasteiger partial charge in [-0.2, -0.15) is 0 Å². The van der Waals surface area contributed by atoms with Gasteiger partial charge in [0.2, 0.25) is 11.8 Å². The highest BCUT2D eigenvalue weighted by atomic mass is 32.2. The highest BCUT2D eigenvalue weighted by Gasteiger charge is 2.34. The number of benzene rings is 4. The lowest BCUT2D eigenvalue weighted by molar-refractivity contribution is -0.140. The van der Waals surface area contributed by atoms with Crippen LogP contribution in [0.1, 0.15) is 18.1 Å². The van der Waals surface area contributed by atoms with E-state index < -0.39 is 46.1 Å². The first kappa shape index (κ1) is 30.4. The van der Waals surface area contributed by atoms with Crippen LogP contribution in [0.4, 0.5) is 14.5 Å². The topological polar surface area (TPSA) is 86.8 Å². The number of nitrogens with zero attached hydrogens (tertiary/aromatic N) is 2. The van der Waals surface area contributed by atoms with E-state index in [4.69, 9.17) is 0 Å². The molecule has 0 aliphatic heterocycles. The van der Waals surface area contributed by atoms with Gasteiger partial charge in [0, 0.05) is 19.5 Å². The summed E-state index contributed by atoms with van der Waals surface area (Å²) in [6, 6.07) is 26.0. The average molecular weight is 592 g/mol. The molecule has 0 unspecified atom stereocenters. The fourth-order valence-electron chi connectivity index (χ4n) is 4.49. The Morgan fingerprint density at radius 3 is 1.88 bits per heavy atom. The van der Waals surface area contributed by atoms with Crippen molar-refractivity contribution < 1.29 is 26.8 Å². The van der Waals surface area contributed by atoms with Crippen LogP contribution in [0.25, 0.3) is 0 Å². The van der Waals surface area contributed by atoms with E-state index in [1.54, 1.807) is 25.1 Å². The molecule has 0 saturated carbocycles. The predicted octanol–water partition coefficient (Wildman–Crippen LogP) is 4.94. The summed E-state index contributed by atoms with van der Waals surface area (Å²) < 4.78 is 56.0.